The number of hydrogen-bond acceptors (Lipinski definition) is 4. The van der Waals surface area contributed by atoms with E-state index in [1.54, 1.807) is 30.6 Å². The molecule has 0 atom stereocenters. The Balaban J connectivity index is 2.05. The van der Waals surface area contributed by atoms with E-state index in [1.165, 1.54) is 12.5 Å². The molecule has 3 heterocycles. The van der Waals surface area contributed by atoms with Crippen LogP contribution < -0.4 is 0 Å². The van der Waals surface area contributed by atoms with Gasteiger partial charge in [-0.2, -0.15) is 0 Å². The molecule has 0 saturated heterocycles. The van der Waals surface area contributed by atoms with Gasteiger partial charge in [-0.25, -0.2) is 4.98 Å². The zero-order valence-electron chi connectivity index (χ0n) is 8.71. The predicted octanol–water partition coefficient (Wildman–Crippen LogP) is 2.49. The molecule has 0 bridgehead atoms. The minimum absolute atomic E-state index is 0.227. The van der Waals surface area contributed by atoms with Crippen LogP contribution >= 0.6 is 0 Å². The average Bonchev–Trinajstić information content (AvgIpc) is 3.09. The maximum Gasteiger partial charge on any atom is 0.232 e. The van der Waals surface area contributed by atoms with Gasteiger partial charge in [-0.15, -0.1) is 0 Å². The molecular weight excluding hydrogens is 220 g/mol. The van der Waals surface area contributed by atoms with Crippen molar-refractivity contribution in [2.45, 2.75) is 0 Å². The van der Waals surface area contributed by atoms with Gasteiger partial charge in [-0.1, -0.05) is 0 Å². The second kappa shape index (κ2) is 3.79. The van der Waals surface area contributed by atoms with Crippen molar-refractivity contribution in [2.75, 3.05) is 0 Å². The molecular formula is C12H8N2O3. The van der Waals surface area contributed by atoms with E-state index < -0.39 is 0 Å². The molecule has 0 radical (unpaired) electrons. The summed E-state index contributed by atoms with van der Waals surface area (Å²) in [5, 5.41) is 0. The Kier molecular flexibility index (Phi) is 2.15. The minimum atomic E-state index is -0.227. The summed E-state index contributed by atoms with van der Waals surface area (Å²) in [7, 11) is 0. The Labute approximate surface area is 96.1 Å². The van der Waals surface area contributed by atoms with E-state index in [4.69, 9.17) is 8.83 Å². The van der Waals surface area contributed by atoms with Crippen molar-refractivity contribution in [3.8, 4) is 11.6 Å². The summed E-state index contributed by atoms with van der Waals surface area (Å²) in [4.78, 5) is 19.0. The highest BCUT2D eigenvalue weighted by Gasteiger charge is 2.20. The largest absolute Gasteiger partial charge is 0.461 e. The zero-order valence-corrected chi connectivity index (χ0v) is 8.71. The number of aromatic amines is 1. The first-order valence-corrected chi connectivity index (χ1v) is 5.01. The fourth-order valence-electron chi connectivity index (χ4n) is 1.60. The van der Waals surface area contributed by atoms with Crippen molar-refractivity contribution >= 4 is 5.78 Å². The number of imidazole rings is 1. The number of ketones is 1. The van der Waals surface area contributed by atoms with Crippen molar-refractivity contribution in [1.29, 1.82) is 0 Å². The van der Waals surface area contributed by atoms with Gasteiger partial charge in [0.15, 0.2) is 17.3 Å². The van der Waals surface area contributed by atoms with Gasteiger partial charge >= 0.3 is 0 Å². The highest BCUT2D eigenvalue weighted by Crippen LogP contribution is 2.24. The SMILES string of the molecule is O=C(c1ccco1)c1ccoc1-c1ncc[nH]1. The highest BCUT2D eigenvalue weighted by atomic mass is 16.3. The van der Waals surface area contributed by atoms with Crippen molar-refractivity contribution < 1.29 is 13.6 Å². The summed E-state index contributed by atoms with van der Waals surface area (Å²) in [6.45, 7) is 0. The third-order valence-corrected chi connectivity index (χ3v) is 2.37. The van der Waals surface area contributed by atoms with Crippen LogP contribution in [0.25, 0.3) is 11.6 Å². The van der Waals surface area contributed by atoms with Crippen molar-refractivity contribution in [3.05, 3.63) is 54.4 Å². The Morgan fingerprint density at radius 1 is 1.24 bits per heavy atom. The number of carbonyl (C=O) groups excluding carboxylic acids is 1. The number of nitrogens with one attached hydrogen (secondary N) is 1. The van der Waals surface area contributed by atoms with Gasteiger partial charge in [-0.3, -0.25) is 4.79 Å². The van der Waals surface area contributed by atoms with Gasteiger partial charge in [0.25, 0.3) is 0 Å². The molecule has 3 aromatic heterocycles. The van der Waals surface area contributed by atoms with E-state index in [0.717, 1.165) is 0 Å². The molecule has 0 aliphatic carbocycles. The van der Waals surface area contributed by atoms with Crippen LogP contribution in [0.4, 0.5) is 0 Å². The molecule has 5 nitrogen and oxygen atoms in total. The summed E-state index contributed by atoms with van der Waals surface area (Å²) in [5.74, 6) is 0.982. The lowest BCUT2D eigenvalue weighted by Gasteiger charge is -1.96. The molecule has 0 fully saturated rings. The molecule has 17 heavy (non-hydrogen) atoms. The standard InChI is InChI=1S/C12H8N2O3/c15-10(9-2-1-6-16-9)8-3-7-17-11(8)12-13-4-5-14-12/h1-7H,(H,13,14). The van der Waals surface area contributed by atoms with E-state index in [0.29, 0.717) is 17.1 Å². The maximum absolute atomic E-state index is 12.1. The molecule has 0 aliphatic rings. The van der Waals surface area contributed by atoms with Gasteiger partial charge in [0.1, 0.15) is 0 Å². The molecule has 84 valence electrons. The van der Waals surface area contributed by atoms with Gasteiger partial charge in [-0.05, 0) is 18.2 Å². The summed E-state index contributed by atoms with van der Waals surface area (Å²) in [6.07, 6.45) is 6.17. The fraction of sp³-hybridized carbons (Fsp3) is 0. The molecule has 0 unspecified atom stereocenters. The Hall–Kier alpha value is -2.56. The molecule has 0 saturated carbocycles. The lowest BCUT2D eigenvalue weighted by atomic mass is 10.1. The summed E-state index contributed by atoms with van der Waals surface area (Å²) >= 11 is 0. The molecule has 5 heteroatoms. The third-order valence-electron chi connectivity index (χ3n) is 2.37. The van der Waals surface area contributed by atoms with Crippen molar-refractivity contribution in [1.82, 2.24) is 9.97 Å². The molecule has 0 amide bonds. The van der Waals surface area contributed by atoms with Gasteiger partial charge in [0.05, 0.1) is 18.1 Å². The smallest absolute Gasteiger partial charge is 0.232 e. The summed E-state index contributed by atoms with van der Waals surface area (Å²) in [5.41, 5.74) is 0.426. The lowest BCUT2D eigenvalue weighted by Crippen LogP contribution is -2.00. The molecule has 3 aromatic rings. The summed E-state index contributed by atoms with van der Waals surface area (Å²) < 4.78 is 10.3. The van der Waals surface area contributed by atoms with Crippen LogP contribution in [-0.4, -0.2) is 15.8 Å². The zero-order chi connectivity index (χ0) is 11.7. The Morgan fingerprint density at radius 3 is 2.88 bits per heavy atom. The second-order valence-corrected chi connectivity index (χ2v) is 3.41. The van der Waals surface area contributed by atoms with Crippen molar-refractivity contribution in [3.63, 3.8) is 0 Å². The monoisotopic (exact) mass is 228 g/mol. The number of H-pyrrole nitrogens is 1. The van der Waals surface area contributed by atoms with Crippen LogP contribution in [0.15, 0.2) is 52.0 Å². The number of rotatable bonds is 3. The first kappa shape index (κ1) is 9.65. The Bertz CT molecular complexity index is 621. The molecule has 0 aromatic carbocycles. The van der Waals surface area contributed by atoms with Crippen LogP contribution in [0.3, 0.4) is 0 Å². The summed E-state index contributed by atoms with van der Waals surface area (Å²) in [6, 6.07) is 4.88. The van der Waals surface area contributed by atoms with E-state index >= 15 is 0 Å². The van der Waals surface area contributed by atoms with Gasteiger partial charge < -0.3 is 13.8 Å². The lowest BCUT2D eigenvalue weighted by molar-refractivity contribution is 0.101. The number of hydrogen-bond donors (Lipinski definition) is 1. The molecule has 0 spiro atoms. The highest BCUT2D eigenvalue weighted by molar-refractivity contribution is 6.10. The van der Waals surface area contributed by atoms with Crippen LogP contribution in [-0.2, 0) is 0 Å². The van der Waals surface area contributed by atoms with E-state index in [1.807, 2.05) is 0 Å². The van der Waals surface area contributed by atoms with Crippen LogP contribution in [0.2, 0.25) is 0 Å². The quantitative estimate of drug-likeness (QED) is 0.699. The first-order chi connectivity index (χ1) is 8.36. The maximum atomic E-state index is 12.1. The molecule has 0 aliphatic heterocycles. The minimum Gasteiger partial charge on any atom is -0.461 e. The third kappa shape index (κ3) is 1.57. The predicted molar refractivity (Wildman–Crippen MR) is 58.4 cm³/mol. The van der Waals surface area contributed by atoms with Crippen molar-refractivity contribution in [2.24, 2.45) is 0 Å². The Morgan fingerprint density at radius 2 is 2.18 bits per heavy atom. The second-order valence-electron chi connectivity index (χ2n) is 3.41. The van der Waals surface area contributed by atoms with E-state index in [9.17, 15) is 4.79 Å². The number of furan rings is 2. The molecule has 1 N–H and O–H groups in total. The topological polar surface area (TPSA) is 72.0 Å². The van der Waals surface area contributed by atoms with Crippen LogP contribution in [0.5, 0.6) is 0 Å². The average molecular weight is 228 g/mol. The number of nitrogens with zero attached hydrogens (tertiary/aromatic N) is 1. The van der Waals surface area contributed by atoms with Crippen LogP contribution in [0.1, 0.15) is 16.1 Å². The van der Waals surface area contributed by atoms with Crippen LogP contribution in [0, 0.1) is 0 Å². The van der Waals surface area contributed by atoms with E-state index in [-0.39, 0.29) is 11.5 Å². The fourth-order valence-corrected chi connectivity index (χ4v) is 1.60. The van der Waals surface area contributed by atoms with Gasteiger partial charge in [0, 0.05) is 12.4 Å². The molecule has 3 rings (SSSR count). The number of carbonyl (C=O) groups is 1. The van der Waals surface area contributed by atoms with Gasteiger partial charge in [0.2, 0.25) is 5.78 Å². The first-order valence-electron chi connectivity index (χ1n) is 5.01. The number of aromatic nitrogens is 2. The normalized spacial score (nSPS) is 10.6. The van der Waals surface area contributed by atoms with E-state index in [2.05, 4.69) is 9.97 Å².